The second-order valence-corrected chi connectivity index (χ2v) is 9.32. The van der Waals surface area contributed by atoms with E-state index in [2.05, 4.69) is 5.32 Å². The van der Waals surface area contributed by atoms with Crippen LogP contribution >= 0.6 is 11.6 Å². The first kappa shape index (κ1) is 24.8. The molecule has 190 valence electrons. The van der Waals surface area contributed by atoms with Crippen LogP contribution in [-0.4, -0.2) is 26.3 Å². The Kier molecular flexibility index (Phi) is 6.41. The van der Waals surface area contributed by atoms with Gasteiger partial charge in [0.15, 0.2) is 0 Å². The van der Waals surface area contributed by atoms with E-state index in [0.717, 1.165) is 23.8 Å². The largest absolute Gasteiger partial charge is 0.416 e. The van der Waals surface area contributed by atoms with Crippen molar-refractivity contribution in [2.45, 2.75) is 38.1 Å². The Bertz CT molecular complexity index is 1490. The summed E-state index contributed by atoms with van der Waals surface area (Å²) in [4.78, 5) is 33.3. The molecular formula is C27H22ClF3N4O2. The Morgan fingerprint density at radius 1 is 1.05 bits per heavy atom. The molecule has 0 saturated carbocycles. The molecule has 0 unspecified atom stereocenters. The molecule has 1 aliphatic rings. The molecule has 1 aromatic heterocycles. The number of halogens is 4. The number of hydrogen-bond acceptors (Lipinski definition) is 3. The Morgan fingerprint density at radius 3 is 2.49 bits per heavy atom. The number of anilines is 1. The number of benzene rings is 3. The van der Waals surface area contributed by atoms with Crippen LogP contribution in [0.3, 0.4) is 0 Å². The summed E-state index contributed by atoms with van der Waals surface area (Å²) in [5, 5.41) is 2.42. The van der Waals surface area contributed by atoms with E-state index >= 15 is 0 Å². The van der Waals surface area contributed by atoms with E-state index in [9.17, 15) is 22.8 Å². The number of amides is 2. The summed E-state index contributed by atoms with van der Waals surface area (Å²) in [7, 11) is 0. The zero-order valence-electron chi connectivity index (χ0n) is 19.7. The third-order valence-corrected chi connectivity index (χ3v) is 6.82. The monoisotopic (exact) mass is 526 g/mol. The molecule has 1 N–H and O–H groups in total. The third kappa shape index (κ3) is 4.79. The van der Waals surface area contributed by atoms with Gasteiger partial charge in [0, 0.05) is 6.54 Å². The van der Waals surface area contributed by atoms with Gasteiger partial charge < -0.3 is 14.8 Å². The van der Waals surface area contributed by atoms with Gasteiger partial charge in [0.25, 0.3) is 0 Å². The first-order valence-electron chi connectivity index (χ1n) is 11.6. The van der Waals surface area contributed by atoms with Gasteiger partial charge in [0.1, 0.15) is 11.9 Å². The summed E-state index contributed by atoms with van der Waals surface area (Å²) in [5.41, 5.74) is 1.20. The van der Waals surface area contributed by atoms with Gasteiger partial charge in [0.05, 0.1) is 39.8 Å². The van der Waals surface area contributed by atoms with Crippen molar-refractivity contribution in [1.82, 2.24) is 14.5 Å². The van der Waals surface area contributed by atoms with Gasteiger partial charge in [-0.3, -0.25) is 9.59 Å². The molecule has 4 aromatic rings. The van der Waals surface area contributed by atoms with Crippen molar-refractivity contribution in [3.63, 3.8) is 0 Å². The molecule has 0 spiro atoms. The van der Waals surface area contributed by atoms with Crippen LogP contribution in [0.4, 0.5) is 18.9 Å². The molecule has 2 heterocycles. The highest BCUT2D eigenvalue weighted by molar-refractivity contribution is 6.33. The summed E-state index contributed by atoms with van der Waals surface area (Å²) in [6, 6.07) is 18.2. The summed E-state index contributed by atoms with van der Waals surface area (Å²) in [6.07, 6.45) is -4.90. The minimum Gasteiger partial charge on any atom is -0.327 e. The molecule has 6 nitrogen and oxygen atoms in total. The van der Waals surface area contributed by atoms with E-state index in [-0.39, 0.29) is 29.1 Å². The van der Waals surface area contributed by atoms with Crippen LogP contribution in [0, 0.1) is 0 Å². The van der Waals surface area contributed by atoms with E-state index < -0.39 is 23.7 Å². The predicted molar refractivity (Wildman–Crippen MR) is 134 cm³/mol. The van der Waals surface area contributed by atoms with Crippen LogP contribution in [0.2, 0.25) is 5.02 Å². The second kappa shape index (κ2) is 9.55. The molecule has 2 amide bonds. The van der Waals surface area contributed by atoms with E-state index in [1.54, 1.807) is 9.47 Å². The maximum Gasteiger partial charge on any atom is 0.416 e. The van der Waals surface area contributed by atoms with E-state index in [1.807, 2.05) is 61.5 Å². The maximum atomic E-state index is 13.8. The number of fused-ring (bicyclic) bond motifs is 3. The fourth-order valence-electron chi connectivity index (χ4n) is 4.67. The number of imidazole rings is 1. The highest BCUT2D eigenvalue weighted by Gasteiger charge is 2.40. The Hall–Kier alpha value is -3.85. The Morgan fingerprint density at radius 2 is 1.76 bits per heavy atom. The van der Waals surface area contributed by atoms with E-state index in [4.69, 9.17) is 16.6 Å². The van der Waals surface area contributed by atoms with Crippen molar-refractivity contribution in [2.75, 3.05) is 5.32 Å². The molecule has 5 rings (SSSR count). The number of nitrogens with one attached hydrogen (secondary N) is 1. The number of nitrogens with zero attached hydrogens (tertiary/aromatic N) is 3. The highest BCUT2D eigenvalue weighted by Crippen LogP contribution is 2.38. The molecule has 0 saturated heterocycles. The molecule has 0 fully saturated rings. The van der Waals surface area contributed by atoms with E-state index in [1.165, 1.54) is 0 Å². The van der Waals surface area contributed by atoms with Crippen molar-refractivity contribution in [2.24, 2.45) is 0 Å². The molecule has 0 aliphatic carbocycles. The molecule has 3 aromatic carbocycles. The average molecular weight is 527 g/mol. The van der Waals surface area contributed by atoms with Crippen molar-refractivity contribution in [3.8, 4) is 0 Å². The van der Waals surface area contributed by atoms with Gasteiger partial charge in [0.2, 0.25) is 11.8 Å². The number of hydrogen-bond donors (Lipinski definition) is 1. The Balaban J connectivity index is 1.49. The van der Waals surface area contributed by atoms with Gasteiger partial charge in [-0.15, -0.1) is 0 Å². The summed E-state index contributed by atoms with van der Waals surface area (Å²) < 4.78 is 41.3. The average Bonchev–Trinajstić information content (AvgIpc) is 3.25. The van der Waals surface area contributed by atoms with Crippen molar-refractivity contribution < 1.29 is 22.8 Å². The fraction of sp³-hybridized carbons (Fsp3) is 0.222. The number of carbonyl (C=O) groups is 2. The molecule has 37 heavy (non-hydrogen) atoms. The SMILES string of the molecule is C[C@H]1c2nc3ccccc3n2[C@@H](CC(=O)Nc2cc(C(F)(F)F)ccc2Cl)C(=O)N1Cc1ccccc1. The quantitative estimate of drug-likeness (QED) is 0.328. The van der Waals surface area contributed by atoms with Gasteiger partial charge >= 0.3 is 6.18 Å². The minimum atomic E-state index is -4.60. The number of para-hydroxylation sites is 2. The molecular weight excluding hydrogens is 505 g/mol. The highest BCUT2D eigenvalue weighted by atomic mass is 35.5. The molecule has 2 atom stereocenters. The number of alkyl halides is 3. The molecule has 0 radical (unpaired) electrons. The zero-order valence-corrected chi connectivity index (χ0v) is 20.4. The third-order valence-electron chi connectivity index (χ3n) is 6.49. The zero-order chi connectivity index (χ0) is 26.3. The normalized spacial score (nSPS) is 17.6. The van der Waals surface area contributed by atoms with Crippen LogP contribution in [0.15, 0.2) is 72.8 Å². The summed E-state index contributed by atoms with van der Waals surface area (Å²) >= 11 is 6.06. The lowest BCUT2D eigenvalue weighted by atomic mass is 10.0. The lowest BCUT2D eigenvalue weighted by molar-refractivity contribution is -0.142. The lowest BCUT2D eigenvalue weighted by Gasteiger charge is -2.38. The number of aromatic nitrogens is 2. The van der Waals surface area contributed by atoms with Crippen molar-refractivity contribution >= 4 is 40.1 Å². The van der Waals surface area contributed by atoms with Crippen LogP contribution < -0.4 is 5.32 Å². The van der Waals surface area contributed by atoms with Crippen LogP contribution in [0.25, 0.3) is 11.0 Å². The van der Waals surface area contributed by atoms with E-state index in [0.29, 0.717) is 23.4 Å². The van der Waals surface area contributed by atoms with Crippen molar-refractivity contribution in [3.05, 3.63) is 94.8 Å². The summed E-state index contributed by atoms with van der Waals surface area (Å²) in [5.74, 6) is -0.290. The topological polar surface area (TPSA) is 67.2 Å². The number of carbonyl (C=O) groups excluding carboxylic acids is 2. The Labute approximate surface area is 215 Å². The van der Waals surface area contributed by atoms with Crippen LogP contribution in [0.1, 0.15) is 42.4 Å². The van der Waals surface area contributed by atoms with Gasteiger partial charge in [-0.1, -0.05) is 54.1 Å². The minimum absolute atomic E-state index is 0.0376. The molecule has 0 bridgehead atoms. The maximum absolute atomic E-state index is 13.8. The van der Waals surface area contributed by atoms with Crippen LogP contribution in [-0.2, 0) is 22.3 Å². The first-order chi connectivity index (χ1) is 17.6. The second-order valence-electron chi connectivity index (χ2n) is 8.92. The van der Waals surface area contributed by atoms with Crippen molar-refractivity contribution in [1.29, 1.82) is 0 Å². The fourth-order valence-corrected chi connectivity index (χ4v) is 4.83. The van der Waals surface area contributed by atoms with Gasteiger partial charge in [-0.05, 0) is 42.8 Å². The molecule has 10 heteroatoms. The predicted octanol–water partition coefficient (Wildman–Crippen LogP) is 6.38. The molecule has 1 aliphatic heterocycles. The standard InChI is InChI=1S/C27H22ClF3N4O2/c1-16-25-33-20-9-5-6-10-22(20)35(25)23(26(37)34(16)15-17-7-3-2-4-8-17)14-24(36)32-21-13-18(27(29,30)31)11-12-19(21)28/h2-13,16,23H,14-15H2,1H3,(H,32,36)/t16-,23-/m0/s1. The lowest BCUT2D eigenvalue weighted by Crippen LogP contribution is -2.45. The summed E-state index contributed by atoms with van der Waals surface area (Å²) in [6.45, 7) is 2.21. The van der Waals surface area contributed by atoms with Gasteiger partial charge in [-0.25, -0.2) is 4.98 Å². The smallest absolute Gasteiger partial charge is 0.327 e. The van der Waals surface area contributed by atoms with Gasteiger partial charge in [-0.2, -0.15) is 13.2 Å². The number of rotatable bonds is 5. The first-order valence-corrected chi connectivity index (χ1v) is 12.0. The van der Waals surface area contributed by atoms with Crippen LogP contribution in [0.5, 0.6) is 0 Å².